The molecule has 0 aliphatic carbocycles. The van der Waals surface area contributed by atoms with Crippen LogP contribution in [0.3, 0.4) is 0 Å². The van der Waals surface area contributed by atoms with E-state index in [-0.39, 0.29) is 18.5 Å². The van der Waals surface area contributed by atoms with E-state index in [1.165, 1.54) is 24.3 Å². The van der Waals surface area contributed by atoms with Crippen LogP contribution in [0.5, 0.6) is 0 Å². The van der Waals surface area contributed by atoms with Crippen LogP contribution < -0.4 is 0 Å². The van der Waals surface area contributed by atoms with E-state index in [1.807, 2.05) is 0 Å². The van der Waals surface area contributed by atoms with Crippen molar-refractivity contribution in [3.8, 4) is 0 Å². The van der Waals surface area contributed by atoms with Crippen molar-refractivity contribution in [3.05, 3.63) is 71.0 Å². The van der Waals surface area contributed by atoms with Gasteiger partial charge in [0.05, 0.1) is 0 Å². The molecule has 3 rings (SSSR count). The Labute approximate surface area is 151 Å². The Hall–Kier alpha value is -1.89. The van der Waals surface area contributed by atoms with E-state index in [2.05, 4.69) is 9.80 Å². The van der Waals surface area contributed by atoms with Crippen molar-refractivity contribution in [2.45, 2.75) is 25.6 Å². The Morgan fingerprint density at radius 1 is 0.846 bits per heavy atom. The Morgan fingerprint density at radius 3 is 2.19 bits per heavy atom. The first kappa shape index (κ1) is 18.9. The van der Waals surface area contributed by atoms with Crippen molar-refractivity contribution in [3.63, 3.8) is 0 Å². The van der Waals surface area contributed by atoms with E-state index in [1.54, 1.807) is 12.1 Å². The van der Waals surface area contributed by atoms with Crippen molar-refractivity contribution in [2.75, 3.05) is 26.2 Å². The molecule has 1 fully saturated rings. The molecule has 0 radical (unpaired) electrons. The van der Waals surface area contributed by atoms with Crippen LogP contribution in [0.1, 0.15) is 17.5 Å². The Bertz CT molecular complexity index is 703. The zero-order valence-corrected chi connectivity index (χ0v) is 14.5. The molecular weight excluding hydrogens is 341 g/mol. The maximum atomic E-state index is 13.4. The third-order valence-corrected chi connectivity index (χ3v) is 4.78. The van der Waals surface area contributed by atoms with Gasteiger partial charge < -0.3 is 5.11 Å². The van der Waals surface area contributed by atoms with Gasteiger partial charge in [-0.3, -0.25) is 9.80 Å². The third-order valence-electron chi connectivity index (χ3n) is 4.78. The number of halogens is 3. The lowest BCUT2D eigenvalue weighted by Crippen LogP contribution is -2.52. The van der Waals surface area contributed by atoms with Gasteiger partial charge in [-0.15, -0.1) is 0 Å². The quantitative estimate of drug-likeness (QED) is 0.853. The summed E-state index contributed by atoms with van der Waals surface area (Å²) in [6.45, 7) is 3.49. The van der Waals surface area contributed by atoms with Crippen molar-refractivity contribution < 1.29 is 18.3 Å². The molecule has 1 N–H and O–H groups in total. The van der Waals surface area contributed by atoms with Gasteiger partial charge in [0.1, 0.15) is 17.5 Å². The van der Waals surface area contributed by atoms with E-state index < -0.39 is 11.6 Å². The molecule has 26 heavy (non-hydrogen) atoms. The third kappa shape index (κ3) is 5.06. The van der Waals surface area contributed by atoms with Crippen LogP contribution in [0.2, 0.25) is 0 Å². The standard InChI is InChI=1S/C20H23F3N2O/c21-17-3-1-15(2-4-17)13-25-7-6-24(14-20(25)5-8-26)12-16-9-18(22)11-19(23)10-16/h1-4,9-11,20,26H,5-8,12-14H2/t20-/m1/s1. The number of aliphatic hydroxyl groups excluding tert-OH is 1. The monoisotopic (exact) mass is 364 g/mol. The average molecular weight is 364 g/mol. The van der Waals surface area contributed by atoms with Crippen LogP contribution in [-0.2, 0) is 13.1 Å². The number of hydrogen-bond acceptors (Lipinski definition) is 3. The van der Waals surface area contributed by atoms with Gasteiger partial charge in [0, 0.05) is 51.4 Å². The molecular formula is C20H23F3N2O. The minimum absolute atomic E-state index is 0.0764. The van der Waals surface area contributed by atoms with Crippen LogP contribution in [0, 0.1) is 17.5 Å². The topological polar surface area (TPSA) is 26.7 Å². The molecule has 0 spiro atoms. The molecule has 3 nitrogen and oxygen atoms in total. The number of hydrogen-bond donors (Lipinski definition) is 1. The summed E-state index contributed by atoms with van der Waals surface area (Å²) in [5.74, 6) is -1.39. The normalized spacial score (nSPS) is 19.0. The van der Waals surface area contributed by atoms with Gasteiger partial charge in [0.2, 0.25) is 0 Å². The molecule has 1 aliphatic rings. The van der Waals surface area contributed by atoms with E-state index in [9.17, 15) is 18.3 Å². The summed E-state index contributed by atoms with van der Waals surface area (Å²) >= 11 is 0. The number of aliphatic hydroxyl groups is 1. The van der Waals surface area contributed by atoms with Crippen molar-refractivity contribution in [1.82, 2.24) is 9.80 Å². The van der Waals surface area contributed by atoms with Gasteiger partial charge in [-0.25, -0.2) is 13.2 Å². The summed E-state index contributed by atoms with van der Waals surface area (Å²) in [6.07, 6.45) is 0.620. The second-order valence-electron chi connectivity index (χ2n) is 6.78. The summed E-state index contributed by atoms with van der Waals surface area (Å²) < 4.78 is 39.8. The highest BCUT2D eigenvalue weighted by molar-refractivity contribution is 5.18. The number of nitrogens with zero attached hydrogens (tertiary/aromatic N) is 2. The fraction of sp³-hybridized carbons (Fsp3) is 0.400. The molecule has 140 valence electrons. The number of rotatable bonds is 6. The first-order valence-corrected chi connectivity index (χ1v) is 8.80. The lowest BCUT2D eigenvalue weighted by Gasteiger charge is -2.41. The molecule has 1 aliphatic heterocycles. The molecule has 1 saturated heterocycles. The second kappa shape index (κ2) is 8.66. The minimum Gasteiger partial charge on any atom is -0.396 e. The highest BCUT2D eigenvalue weighted by atomic mass is 19.1. The highest BCUT2D eigenvalue weighted by Gasteiger charge is 2.26. The van der Waals surface area contributed by atoms with Crippen LogP contribution >= 0.6 is 0 Å². The van der Waals surface area contributed by atoms with Crippen LogP contribution in [0.25, 0.3) is 0 Å². The first-order chi connectivity index (χ1) is 12.5. The summed E-state index contributed by atoms with van der Waals surface area (Å²) in [5, 5.41) is 9.39. The molecule has 0 aromatic heterocycles. The highest BCUT2D eigenvalue weighted by Crippen LogP contribution is 2.19. The zero-order valence-electron chi connectivity index (χ0n) is 14.5. The molecule has 2 aromatic rings. The van der Waals surface area contributed by atoms with E-state index in [0.717, 1.165) is 24.7 Å². The summed E-state index contributed by atoms with van der Waals surface area (Å²) in [6, 6.07) is 10.2. The van der Waals surface area contributed by atoms with E-state index in [4.69, 9.17) is 0 Å². The fourth-order valence-electron chi connectivity index (χ4n) is 3.52. The van der Waals surface area contributed by atoms with Gasteiger partial charge >= 0.3 is 0 Å². The van der Waals surface area contributed by atoms with E-state index >= 15 is 0 Å². The maximum Gasteiger partial charge on any atom is 0.126 e. The van der Waals surface area contributed by atoms with Crippen LogP contribution in [0.15, 0.2) is 42.5 Å². The summed E-state index contributed by atoms with van der Waals surface area (Å²) in [4.78, 5) is 4.42. The predicted molar refractivity (Wildman–Crippen MR) is 93.9 cm³/mol. The van der Waals surface area contributed by atoms with Gasteiger partial charge in [0.15, 0.2) is 0 Å². The first-order valence-electron chi connectivity index (χ1n) is 8.80. The average Bonchev–Trinajstić information content (AvgIpc) is 2.58. The van der Waals surface area contributed by atoms with Crippen molar-refractivity contribution >= 4 is 0 Å². The van der Waals surface area contributed by atoms with Crippen molar-refractivity contribution in [1.29, 1.82) is 0 Å². The van der Waals surface area contributed by atoms with Gasteiger partial charge in [-0.05, 0) is 41.8 Å². The molecule has 0 saturated carbocycles. The van der Waals surface area contributed by atoms with Crippen molar-refractivity contribution in [2.24, 2.45) is 0 Å². The van der Waals surface area contributed by atoms with Crippen LogP contribution in [0.4, 0.5) is 13.2 Å². The Balaban J connectivity index is 1.64. The van der Waals surface area contributed by atoms with Crippen LogP contribution in [-0.4, -0.2) is 47.2 Å². The number of piperazine rings is 1. The molecule has 6 heteroatoms. The predicted octanol–water partition coefficient (Wildman–Crippen LogP) is 3.17. The molecule has 0 bridgehead atoms. The Morgan fingerprint density at radius 2 is 1.54 bits per heavy atom. The second-order valence-corrected chi connectivity index (χ2v) is 6.78. The number of benzene rings is 2. The fourth-order valence-corrected chi connectivity index (χ4v) is 3.52. The van der Waals surface area contributed by atoms with Gasteiger partial charge in [-0.1, -0.05) is 12.1 Å². The molecule has 1 heterocycles. The Kier molecular flexibility index (Phi) is 6.29. The SMILES string of the molecule is OCC[C@@H]1CN(Cc2cc(F)cc(F)c2)CCN1Cc1ccc(F)cc1. The summed E-state index contributed by atoms with van der Waals surface area (Å²) in [5.41, 5.74) is 1.63. The summed E-state index contributed by atoms with van der Waals surface area (Å²) in [7, 11) is 0. The van der Waals surface area contributed by atoms with Gasteiger partial charge in [-0.2, -0.15) is 0 Å². The zero-order chi connectivity index (χ0) is 18.5. The molecule has 0 amide bonds. The van der Waals surface area contributed by atoms with Gasteiger partial charge in [0.25, 0.3) is 0 Å². The minimum atomic E-state index is -0.568. The maximum absolute atomic E-state index is 13.4. The smallest absolute Gasteiger partial charge is 0.126 e. The molecule has 1 atom stereocenters. The molecule has 0 unspecified atom stereocenters. The van der Waals surface area contributed by atoms with E-state index in [0.29, 0.717) is 31.6 Å². The lowest BCUT2D eigenvalue weighted by molar-refractivity contribution is 0.0499. The lowest BCUT2D eigenvalue weighted by atomic mass is 10.1. The largest absolute Gasteiger partial charge is 0.396 e. The molecule has 2 aromatic carbocycles.